The fraction of sp³-hybridized carbons (Fsp3) is 0.538. The zero-order valence-electron chi connectivity index (χ0n) is 10.3. The summed E-state index contributed by atoms with van der Waals surface area (Å²) in [5.74, 6) is -0.105. The lowest BCUT2D eigenvalue weighted by Gasteiger charge is -2.28. The van der Waals surface area contributed by atoms with Gasteiger partial charge < -0.3 is 15.2 Å². The maximum atomic E-state index is 12.2. The van der Waals surface area contributed by atoms with E-state index in [1.807, 2.05) is 0 Å². The fourth-order valence-electron chi connectivity index (χ4n) is 2.24. The first-order valence-corrected chi connectivity index (χ1v) is 6.15. The summed E-state index contributed by atoms with van der Waals surface area (Å²) in [7, 11) is 0. The van der Waals surface area contributed by atoms with Crippen LogP contribution in [-0.4, -0.2) is 19.6 Å². The smallest absolute Gasteiger partial charge is 0.406 e. The summed E-state index contributed by atoms with van der Waals surface area (Å²) in [4.78, 5) is 0. The van der Waals surface area contributed by atoms with Gasteiger partial charge in [-0.3, -0.25) is 0 Å². The molecular weight excluding hydrogens is 259 g/mol. The van der Waals surface area contributed by atoms with Gasteiger partial charge in [0.05, 0.1) is 6.61 Å². The Kier molecular flexibility index (Phi) is 4.31. The van der Waals surface area contributed by atoms with Gasteiger partial charge in [-0.25, -0.2) is 0 Å². The molecule has 1 aromatic rings. The van der Waals surface area contributed by atoms with Crippen molar-refractivity contribution in [1.82, 2.24) is 0 Å². The molecule has 2 N–H and O–H groups in total. The molecule has 106 valence electrons. The number of hydrogen-bond donors (Lipinski definition) is 1. The number of nitrogens with two attached hydrogens (primary N) is 1. The number of hydrogen-bond acceptors (Lipinski definition) is 3. The lowest BCUT2D eigenvalue weighted by Crippen LogP contribution is -2.29. The molecule has 19 heavy (non-hydrogen) atoms. The van der Waals surface area contributed by atoms with Crippen LogP contribution < -0.4 is 10.5 Å². The van der Waals surface area contributed by atoms with Crippen LogP contribution in [0.25, 0.3) is 0 Å². The SMILES string of the molecule is NC(c1cccc(OC(F)(F)F)c1)C1CCCOC1. The van der Waals surface area contributed by atoms with Gasteiger partial charge in [0.2, 0.25) is 0 Å². The fourth-order valence-corrected chi connectivity index (χ4v) is 2.24. The summed E-state index contributed by atoms with van der Waals surface area (Å²) < 4.78 is 45.7. The minimum absolute atomic E-state index is 0.134. The molecule has 2 atom stereocenters. The Morgan fingerprint density at radius 1 is 1.37 bits per heavy atom. The molecule has 0 spiro atoms. The number of halogens is 3. The van der Waals surface area contributed by atoms with E-state index in [0.29, 0.717) is 12.2 Å². The monoisotopic (exact) mass is 275 g/mol. The van der Waals surface area contributed by atoms with E-state index in [2.05, 4.69) is 4.74 Å². The molecule has 0 aliphatic carbocycles. The van der Waals surface area contributed by atoms with Gasteiger partial charge >= 0.3 is 6.36 Å². The summed E-state index contributed by atoms with van der Waals surface area (Å²) in [5.41, 5.74) is 6.72. The van der Waals surface area contributed by atoms with Gasteiger partial charge in [0.1, 0.15) is 5.75 Å². The van der Waals surface area contributed by atoms with Crippen molar-refractivity contribution in [3.05, 3.63) is 29.8 Å². The molecule has 0 saturated carbocycles. The third-order valence-electron chi connectivity index (χ3n) is 3.18. The summed E-state index contributed by atoms with van der Waals surface area (Å²) in [6.07, 6.45) is -2.83. The van der Waals surface area contributed by atoms with Crippen molar-refractivity contribution in [3.63, 3.8) is 0 Å². The molecule has 2 unspecified atom stereocenters. The van der Waals surface area contributed by atoms with E-state index in [4.69, 9.17) is 10.5 Å². The van der Waals surface area contributed by atoms with Crippen LogP contribution in [-0.2, 0) is 4.74 Å². The van der Waals surface area contributed by atoms with E-state index in [9.17, 15) is 13.2 Å². The minimum atomic E-state index is -4.68. The Bertz CT molecular complexity index is 417. The summed E-state index contributed by atoms with van der Waals surface area (Å²) in [5, 5.41) is 0. The average molecular weight is 275 g/mol. The predicted molar refractivity (Wildman–Crippen MR) is 63.6 cm³/mol. The maximum Gasteiger partial charge on any atom is 0.573 e. The Morgan fingerprint density at radius 2 is 2.16 bits per heavy atom. The molecule has 0 aromatic heterocycles. The zero-order chi connectivity index (χ0) is 13.9. The molecule has 1 aliphatic heterocycles. The van der Waals surface area contributed by atoms with Crippen molar-refractivity contribution in [3.8, 4) is 5.75 Å². The van der Waals surface area contributed by atoms with E-state index < -0.39 is 6.36 Å². The van der Waals surface area contributed by atoms with Gasteiger partial charge in [-0.1, -0.05) is 12.1 Å². The number of benzene rings is 1. The van der Waals surface area contributed by atoms with Crippen LogP contribution in [0.4, 0.5) is 13.2 Å². The van der Waals surface area contributed by atoms with Crippen molar-refractivity contribution >= 4 is 0 Å². The van der Waals surface area contributed by atoms with Crippen LogP contribution >= 0.6 is 0 Å². The van der Waals surface area contributed by atoms with E-state index >= 15 is 0 Å². The summed E-state index contributed by atoms with van der Waals surface area (Å²) in [6.45, 7) is 1.27. The quantitative estimate of drug-likeness (QED) is 0.922. The Labute approximate surface area is 109 Å². The third kappa shape index (κ3) is 4.11. The number of rotatable bonds is 3. The van der Waals surface area contributed by atoms with Crippen LogP contribution in [0.5, 0.6) is 5.75 Å². The lowest BCUT2D eigenvalue weighted by atomic mass is 9.89. The highest BCUT2D eigenvalue weighted by atomic mass is 19.4. The van der Waals surface area contributed by atoms with E-state index in [1.165, 1.54) is 18.2 Å². The molecule has 3 nitrogen and oxygen atoms in total. The van der Waals surface area contributed by atoms with Gasteiger partial charge in [-0.15, -0.1) is 13.2 Å². The van der Waals surface area contributed by atoms with Gasteiger partial charge in [-0.05, 0) is 30.5 Å². The first kappa shape index (κ1) is 14.1. The molecule has 6 heteroatoms. The molecular formula is C13H16F3NO2. The Morgan fingerprint density at radius 3 is 2.79 bits per heavy atom. The van der Waals surface area contributed by atoms with E-state index in [1.54, 1.807) is 6.07 Å². The van der Waals surface area contributed by atoms with Gasteiger partial charge in [0.25, 0.3) is 0 Å². The summed E-state index contributed by atoms with van der Waals surface area (Å²) >= 11 is 0. The second kappa shape index (κ2) is 5.79. The Balaban J connectivity index is 2.09. The van der Waals surface area contributed by atoms with Crippen molar-refractivity contribution in [1.29, 1.82) is 0 Å². The number of alkyl halides is 3. The zero-order valence-corrected chi connectivity index (χ0v) is 10.3. The minimum Gasteiger partial charge on any atom is -0.406 e. The average Bonchev–Trinajstić information content (AvgIpc) is 2.37. The van der Waals surface area contributed by atoms with Gasteiger partial charge in [-0.2, -0.15) is 0 Å². The molecule has 1 aromatic carbocycles. The third-order valence-corrected chi connectivity index (χ3v) is 3.18. The van der Waals surface area contributed by atoms with E-state index in [-0.39, 0.29) is 17.7 Å². The van der Waals surface area contributed by atoms with E-state index in [0.717, 1.165) is 19.4 Å². The molecule has 2 rings (SSSR count). The standard InChI is InChI=1S/C13H16F3NO2/c14-13(15,16)19-11-5-1-3-9(7-11)12(17)10-4-2-6-18-8-10/h1,3,5,7,10,12H,2,4,6,8,17H2. The molecule has 1 heterocycles. The number of ether oxygens (including phenoxy) is 2. The molecule has 1 saturated heterocycles. The molecule has 0 radical (unpaired) electrons. The largest absolute Gasteiger partial charge is 0.573 e. The van der Waals surface area contributed by atoms with Crippen molar-refractivity contribution in [2.45, 2.75) is 25.2 Å². The van der Waals surface area contributed by atoms with Crippen molar-refractivity contribution in [2.75, 3.05) is 13.2 Å². The van der Waals surface area contributed by atoms with Crippen LogP contribution in [0, 0.1) is 5.92 Å². The molecule has 0 bridgehead atoms. The topological polar surface area (TPSA) is 44.5 Å². The first-order chi connectivity index (χ1) is 8.96. The second-order valence-electron chi connectivity index (χ2n) is 4.62. The maximum absolute atomic E-state index is 12.2. The van der Waals surface area contributed by atoms with Crippen LogP contribution in [0.3, 0.4) is 0 Å². The van der Waals surface area contributed by atoms with Gasteiger partial charge in [0.15, 0.2) is 0 Å². The molecule has 1 fully saturated rings. The molecule has 0 amide bonds. The summed E-state index contributed by atoms with van der Waals surface area (Å²) in [6, 6.07) is 5.49. The first-order valence-electron chi connectivity index (χ1n) is 6.15. The highest BCUT2D eigenvalue weighted by Crippen LogP contribution is 2.30. The second-order valence-corrected chi connectivity index (χ2v) is 4.62. The van der Waals surface area contributed by atoms with Crippen LogP contribution in [0.15, 0.2) is 24.3 Å². The van der Waals surface area contributed by atoms with Gasteiger partial charge in [0, 0.05) is 18.6 Å². The highest BCUT2D eigenvalue weighted by molar-refractivity contribution is 5.31. The van der Waals surface area contributed by atoms with Crippen LogP contribution in [0.2, 0.25) is 0 Å². The van der Waals surface area contributed by atoms with Crippen molar-refractivity contribution in [2.24, 2.45) is 11.7 Å². The Hall–Kier alpha value is -1.27. The molecule has 1 aliphatic rings. The normalized spacial score (nSPS) is 22.0. The highest BCUT2D eigenvalue weighted by Gasteiger charge is 2.31. The van der Waals surface area contributed by atoms with Crippen LogP contribution in [0.1, 0.15) is 24.4 Å². The lowest BCUT2D eigenvalue weighted by molar-refractivity contribution is -0.274. The van der Waals surface area contributed by atoms with Crippen molar-refractivity contribution < 1.29 is 22.6 Å². The predicted octanol–water partition coefficient (Wildman–Crippen LogP) is 3.01.